The van der Waals surface area contributed by atoms with Gasteiger partial charge in [0, 0.05) is 11.6 Å². The maximum absolute atomic E-state index is 13.8. The maximum atomic E-state index is 13.8. The van der Waals surface area contributed by atoms with Crippen LogP contribution in [0.3, 0.4) is 0 Å². The molecule has 29 heavy (non-hydrogen) atoms. The Hall–Kier alpha value is -3.29. The van der Waals surface area contributed by atoms with Gasteiger partial charge in [-0.15, -0.1) is 0 Å². The molecule has 0 fully saturated rings. The lowest BCUT2D eigenvalue weighted by atomic mass is 10.0. The average molecular weight is 404 g/mol. The van der Waals surface area contributed by atoms with E-state index in [4.69, 9.17) is 10.5 Å². The van der Waals surface area contributed by atoms with Gasteiger partial charge in [0.05, 0.1) is 22.9 Å². The molecule has 0 spiro atoms. The van der Waals surface area contributed by atoms with E-state index in [1.54, 1.807) is 32.9 Å². The summed E-state index contributed by atoms with van der Waals surface area (Å²) in [6.45, 7) is 5.06. The summed E-state index contributed by atoms with van der Waals surface area (Å²) in [6, 6.07) is 8.35. The Bertz CT molecular complexity index is 1160. The molecule has 1 aromatic heterocycles. The molecule has 0 atom stereocenters. The third kappa shape index (κ3) is 3.83. The van der Waals surface area contributed by atoms with E-state index in [2.05, 4.69) is 0 Å². The maximum Gasteiger partial charge on any atom is 0.418 e. The number of pyridine rings is 1. The van der Waals surface area contributed by atoms with Gasteiger partial charge < -0.3 is 15.0 Å². The van der Waals surface area contributed by atoms with Crippen LogP contribution in [0, 0.1) is 6.92 Å². The minimum Gasteiger partial charge on any atom is -0.491 e. The summed E-state index contributed by atoms with van der Waals surface area (Å²) in [5.41, 5.74) is 3.87. The normalized spacial score (nSPS) is 11.8. The van der Waals surface area contributed by atoms with Crippen LogP contribution in [-0.4, -0.2) is 16.6 Å². The van der Waals surface area contributed by atoms with Crippen LogP contribution in [-0.2, 0) is 6.18 Å². The van der Waals surface area contributed by atoms with Crippen LogP contribution in [0.2, 0.25) is 0 Å². The highest BCUT2D eigenvalue weighted by Gasteiger charge is 2.35. The third-order valence-corrected chi connectivity index (χ3v) is 4.41. The number of nitrogens with two attached hydrogens (primary N) is 1. The minimum atomic E-state index is -4.70. The van der Waals surface area contributed by atoms with Crippen molar-refractivity contribution >= 4 is 16.8 Å². The van der Waals surface area contributed by atoms with Crippen LogP contribution < -0.4 is 15.9 Å². The first-order chi connectivity index (χ1) is 13.5. The van der Waals surface area contributed by atoms with E-state index in [1.165, 1.54) is 22.8 Å². The lowest BCUT2D eigenvalue weighted by molar-refractivity contribution is -0.137. The van der Waals surface area contributed by atoms with Gasteiger partial charge in [0.15, 0.2) is 0 Å². The third-order valence-electron chi connectivity index (χ3n) is 4.41. The molecule has 1 heterocycles. The van der Waals surface area contributed by atoms with E-state index < -0.39 is 23.1 Å². The molecular weight excluding hydrogens is 385 g/mol. The van der Waals surface area contributed by atoms with Gasteiger partial charge in [-0.05, 0) is 50.6 Å². The second-order valence-electron chi connectivity index (χ2n) is 6.92. The topological polar surface area (TPSA) is 74.3 Å². The summed E-state index contributed by atoms with van der Waals surface area (Å²) in [4.78, 5) is 24.5. The number of hydrogen-bond acceptors (Lipinski definition) is 3. The molecule has 0 unspecified atom stereocenters. The van der Waals surface area contributed by atoms with Gasteiger partial charge >= 0.3 is 6.18 Å². The first-order valence-corrected chi connectivity index (χ1v) is 8.83. The zero-order chi connectivity index (χ0) is 21.5. The molecule has 1 amide bonds. The summed E-state index contributed by atoms with van der Waals surface area (Å²) in [6.07, 6.45) is -3.95. The Morgan fingerprint density at radius 3 is 2.45 bits per heavy atom. The number of fused-ring (bicyclic) bond motifs is 1. The van der Waals surface area contributed by atoms with Crippen molar-refractivity contribution in [1.29, 1.82) is 0 Å². The average Bonchev–Trinajstić information content (AvgIpc) is 2.61. The molecule has 3 aromatic rings. The molecule has 152 valence electrons. The van der Waals surface area contributed by atoms with E-state index >= 15 is 0 Å². The molecule has 0 saturated carbocycles. The highest BCUT2D eigenvalue weighted by atomic mass is 19.4. The number of carbonyl (C=O) groups excluding carboxylic acids is 1. The zero-order valence-electron chi connectivity index (χ0n) is 16.0. The van der Waals surface area contributed by atoms with Gasteiger partial charge in [-0.1, -0.05) is 12.1 Å². The summed E-state index contributed by atoms with van der Waals surface area (Å²) in [7, 11) is 0. The first-order valence-electron chi connectivity index (χ1n) is 8.83. The van der Waals surface area contributed by atoms with Gasteiger partial charge in [0.25, 0.3) is 5.91 Å². The fraction of sp³-hybridized carbons (Fsp3) is 0.238. The molecule has 0 saturated heterocycles. The molecule has 0 aliphatic heterocycles. The van der Waals surface area contributed by atoms with Crippen molar-refractivity contribution in [3.8, 4) is 11.4 Å². The van der Waals surface area contributed by atoms with Crippen molar-refractivity contribution in [3.05, 3.63) is 69.5 Å². The summed E-state index contributed by atoms with van der Waals surface area (Å²) >= 11 is 0. The molecule has 5 nitrogen and oxygen atoms in total. The smallest absolute Gasteiger partial charge is 0.418 e. The summed E-state index contributed by atoms with van der Waals surface area (Å²) in [5, 5.41) is 0.138. The molecule has 0 aliphatic rings. The van der Waals surface area contributed by atoms with Crippen molar-refractivity contribution < 1.29 is 22.7 Å². The highest BCUT2D eigenvalue weighted by molar-refractivity contribution is 5.97. The summed E-state index contributed by atoms with van der Waals surface area (Å²) in [5.74, 6) is -0.949. The van der Waals surface area contributed by atoms with Crippen molar-refractivity contribution in [1.82, 2.24) is 4.57 Å². The molecule has 8 heteroatoms. The van der Waals surface area contributed by atoms with Crippen molar-refractivity contribution in [3.63, 3.8) is 0 Å². The SMILES string of the molecule is Cc1cccc2c1c(=O)c(C(N)=O)cn2-c1ccc(OC(C)C)cc1C(F)(F)F. The zero-order valence-corrected chi connectivity index (χ0v) is 16.0. The number of benzene rings is 2. The number of rotatable bonds is 4. The second-order valence-corrected chi connectivity index (χ2v) is 6.92. The summed E-state index contributed by atoms with van der Waals surface area (Å²) < 4.78 is 48.1. The number of primary amides is 1. The van der Waals surface area contributed by atoms with Crippen LogP contribution in [0.4, 0.5) is 13.2 Å². The quantitative estimate of drug-likeness (QED) is 0.708. The predicted octanol–water partition coefficient (Wildman–Crippen LogP) is 4.20. The highest BCUT2D eigenvalue weighted by Crippen LogP contribution is 2.37. The number of amides is 1. The number of aryl methyl sites for hydroxylation is 1. The first kappa shape index (κ1) is 20.4. The molecule has 0 radical (unpaired) electrons. The number of nitrogens with zero attached hydrogens (tertiary/aromatic N) is 1. The number of alkyl halides is 3. The van der Waals surface area contributed by atoms with Crippen LogP contribution in [0.5, 0.6) is 5.75 Å². The van der Waals surface area contributed by atoms with Gasteiger partial charge in [-0.3, -0.25) is 9.59 Å². The Labute approximate surface area is 164 Å². The second kappa shape index (κ2) is 7.27. The Balaban J connectivity index is 2.42. The standard InChI is InChI=1S/C21H19F3N2O3/c1-11(2)29-13-7-8-16(15(9-13)21(22,23)24)26-10-14(20(25)28)19(27)18-12(3)5-4-6-17(18)26/h4-11H,1-3H3,(H2,25,28). The van der Waals surface area contributed by atoms with Crippen LogP contribution in [0.1, 0.15) is 35.3 Å². The number of hydrogen-bond donors (Lipinski definition) is 1. The number of ether oxygens (including phenoxy) is 1. The van der Waals surface area contributed by atoms with Gasteiger partial charge in [-0.2, -0.15) is 13.2 Å². The Kier molecular flexibility index (Phi) is 5.13. The molecule has 0 aliphatic carbocycles. The number of aromatic nitrogens is 1. The largest absolute Gasteiger partial charge is 0.491 e. The van der Waals surface area contributed by atoms with Crippen LogP contribution >= 0.6 is 0 Å². The van der Waals surface area contributed by atoms with Crippen molar-refractivity contribution in [2.75, 3.05) is 0 Å². The number of carbonyl (C=O) groups is 1. The fourth-order valence-corrected chi connectivity index (χ4v) is 3.21. The lowest BCUT2D eigenvalue weighted by Gasteiger charge is -2.20. The number of halogens is 3. The molecule has 2 aromatic carbocycles. The van der Waals surface area contributed by atoms with Crippen LogP contribution in [0.15, 0.2) is 47.4 Å². The van der Waals surface area contributed by atoms with Crippen LogP contribution in [0.25, 0.3) is 16.6 Å². The van der Waals surface area contributed by atoms with E-state index in [0.29, 0.717) is 5.56 Å². The molecule has 0 bridgehead atoms. The van der Waals surface area contributed by atoms with E-state index in [1.807, 2.05) is 0 Å². The van der Waals surface area contributed by atoms with E-state index in [9.17, 15) is 22.8 Å². The van der Waals surface area contributed by atoms with Gasteiger partial charge in [0.1, 0.15) is 11.3 Å². The van der Waals surface area contributed by atoms with E-state index in [-0.39, 0.29) is 34.0 Å². The van der Waals surface area contributed by atoms with Gasteiger partial charge in [0.2, 0.25) is 5.43 Å². The predicted molar refractivity (Wildman–Crippen MR) is 104 cm³/mol. The molecule has 3 rings (SSSR count). The van der Waals surface area contributed by atoms with Crippen molar-refractivity contribution in [2.45, 2.75) is 33.1 Å². The monoisotopic (exact) mass is 404 g/mol. The molecular formula is C21H19F3N2O3. The minimum absolute atomic E-state index is 0.0627. The molecule has 2 N–H and O–H groups in total. The Morgan fingerprint density at radius 1 is 1.17 bits per heavy atom. The Morgan fingerprint density at radius 2 is 1.86 bits per heavy atom. The lowest BCUT2D eigenvalue weighted by Crippen LogP contribution is -2.25. The van der Waals surface area contributed by atoms with E-state index in [0.717, 1.165) is 12.3 Å². The van der Waals surface area contributed by atoms with Gasteiger partial charge in [-0.25, -0.2) is 0 Å². The van der Waals surface area contributed by atoms with Crippen molar-refractivity contribution in [2.24, 2.45) is 5.73 Å². The fourth-order valence-electron chi connectivity index (χ4n) is 3.21.